The summed E-state index contributed by atoms with van der Waals surface area (Å²) in [7, 11) is 2.28. The van der Waals surface area contributed by atoms with E-state index in [0.717, 1.165) is 30.6 Å². The fourth-order valence-electron chi connectivity index (χ4n) is 4.35. The predicted molar refractivity (Wildman–Crippen MR) is 84.9 cm³/mol. The van der Waals surface area contributed by atoms with E-state index < -0.39 is 0 Å². The number of nitrogens with zero attached hydrogens (tertiary/aromatic N) is 1. The van der Waals surface area contributed by atoms with Crippen molar-refractivity contribution in [2.45, 2.75) is 57.2 Å². The fourth-order valence-corrected chi connectivity index (χ4v) is 4.35. The molecule has 3 unspecified atom stereocenters. The van der Waals surface area contributed by atoms with Crippen LogP contribution in [0.1, 0.15) is 38.2 Å². The number of halogens is 1. The molecule has 0 spiro atoms. The van der Waals surface area contributed by atoms with Crippen molar-refractivity contribution in [1.29, 1.82) is 0 Å². The summed E-state index contributed by atoms with van der Waals surface area (Å²) in [5.74, 6) is 0.620. The Labute approximate surface area is 127 Å². The molecule has 1 aromatic rings. The second-order valence-corrected chi connectivity index (χ2v) is 6.74. The number of nitrogens with one attached hydrogen (secondary N) is 1. The van der Waals surface area contributed by atoms with Crippen LogP contribution in [0.5, 0.6) is 0 Å². The van der Waals surface area contributed by atoms with Gasteiger partial charge in [0.2, 0.25) is 0 Å². The summed E-state index contributed by atoms with van der Waals surface area (Å²) in [6, 6.07) is 9.13. The van der Waals surface area contributed by atoms with Crippen molar-refractivity contribution in [3.63, 3.8) is 0 Å². The lowest BCUT2D eigenvalue weighted by Crippen LogP contribution is -2.47. The molecule has 21 heavy (non-hydrogen) atoms. The summed E-state index contributed by atoms with van der Waals surface area (Å²) < 4.78 is 13.9. The summed E-state index contributed by atoms with van der Waals surface area (Å²) in [6.45, 7) is 3.11. The lowest BCUT2D eigenvalue weighted by molar-refractivity contribution is 0.112. The van der Waals surface area contributed by atoms with Gasteiger partial charge in [-0.3, -0.25) is 0 Å². The average molecular weight is 290 g/mol. The van der Waals surface area contributed by atoms with Crippen LogP contribution in [0.25, 0.3) is 0 Å². The molecule has 0 radical (unpaired) electrons. The second-order valence-electron chi connectivity index (χ2n) is 6.74. The van der Waals surface area contributed by atoms with Gasteiger partial charge in [-0.15, -0.1) is 0 Å². The van der Waals surface area contributed by atoms with E-state index in [2.05, 4.69) is 24.2 Å². The number of benzene rings is 1. The number of hydrogen-bond acceptors (Lipinski definition) is 2. The Balaban J connectivity index is 1.72. The number of piperidine rings is 1. The van der Waals surface area contributed by atoms with Crippen molar-refractivity contribution in [1.82, 2.24) is 10.2 Å². The Morgan fingerprint density at radius 3 is 2.52 bits per heavy atom. The van der Waals surface area contributed by atoms with Gasteiger partial charge in [0, 0.05) is 18.1 Å². The minimum Gasteiger partial charge on any atom is -0.314 e. The summed E-state index contributed by atoms with van der Waals surface area (Å²) in [5, 5.41) is 3.63. The van der Waals surface area contributed by atoms with Gasteiger partial charge in [-0.1, -0.05) is 25.1 Å². The molecule has 3 atom stereocenters. The highest BCUT2D eigenvalue weighted by molar-refractivity contribution is 5.19. The van der Waals surface area contributed by atoms with Crippen molar-refractivity contribution in [2.75, 3.05) is 13.6 Å². The predicted octanol–water partition coefficient (Wildman–Crippen LogP) is 3.22. The van der Waals surface area contributed by atoms with Gasteiger partial charge < -0.3 is 10.2 Å². The third kappa shape index (κ3) is 3.14. The van der Waals surface area contributed by atoms with Gasteiger partial charge in [-0.2, -0.15) is 0 Å². The molecule has 2 saturated heterocycles. The van der Waals surface area contributed by atoms with Gasteiger partial charge in [0.25, 0.3) is 0 Å². The smallest absolute Gasteiger partial charge is 0.126 e. The van der Waals surface area contributed by atoms with Gasteiger partial charge in [0.1, 0.15) is 5.82 Å². The number of fused-ring (bicyclic) bond motifs is 2. The molecule has 2 heterocycles. The summed E-state index contributed by atoms with van der Waals surface area (Å²) in [4.78, 5) is 2.57. The van der Waals surface area contributed by atoms with Gasteiger partial charge in [-0.05, 0) is 63.2 Å². The van der Waals surface area contributed by atoms with Crippen LogP contribution in [0.15, 0.2) is 24.3 Å². The first-order valence-electron chi connectivity index (χ1n) is 8.37. The molecular formula is C18H27FN2. The van der Waals surface area contributed by atoms with Crippen LogP contribution in [0.4, 0.5) is 4.39 Å². The zero-order valence-corrected chi connectivity index (χ0v) is 13.2. The number of likely N-dealkylation sites (N-methyl/N-ethyl adjacent to an activating group) is 1. The SMILES string of the molecule is CCNC(Cc1ccccc1F)C1CC2CCC(C1)N2C. The fraction of sp³-hybridized carbons (Fsp3) is 0.667. The zero-order valence-electron chi connectivity index (χ0n) is 13.2. The minimum atomic E-state index is -0.0590. The molecule has 3 rings (SSSR count). The average Bonchev–Trinajstić information content (AvgIpc) is 2.71. The van der Waals surface area contributed by atoms with Gasteiger partial charge in [-0.25, -0.2) is 4.39 Å². The minimum absolute atomic E-state index is 0.0590. The van der Waals surface area contributed by atoms with Crippen molar-refractivity contribution in [2.24, 2.45) is 5.92 Å². The van der Waals surface area contributed by atoms with Gasteiger partial charge in [0.15, 0.2) is 0 Å². The molecule has 116 valence electrons. The first-order chi connectivity index (χ1) is 10.2. The normalized spacial score (nSPS) is 30.5. The third-order valence-corrected chi connectivity index (χ3v) is 5.57. The van der Waals surface area contributed by atoms with Crippen molar-refractivity contribution in [3.8, 4) is 0 Å². The molecule has 2 fully saturated rings. The lowest BCUT2D eigenvalue weighted by Gasteiger charge is -2.40. The van der Waals surface area contributed by atoms with E-state index in [1.807, 2.05) is 12.1 Å². The maximum atomic E-state index is 13.9. The van der Waals surface area contributed by atoms with E-state index in [9.17, 15) is 4.39 Å². The highest BCUT2D eigenvalue weighted by Crippen LogP contribution is 2.39. The number of rotatable bonds is 5. The standard InChI is InChI=1S/C18H27FN2/c1-3-20-18(12-13-6-4-5-7-17(13)19)14-10-15-8-9-16(11-14)21(15)2/h4-7,14-16,18,20H,3,8-12H2,1-2H3. The highest BCUT2D eigenvalue weighted by atomic mass is 19.1. The van der Waals surface area contributed by atoms with E-state index in [1.54, 1.807) is 12.1 Å². The van der Waals surface area contributed by atoms with Crippen LogP contribution in [0, 0.1) is 11.7 Å². The van der Waals surface area contributed by atoms with Crippen LogP contribution < -0.4 is 5.32 Å². The monoisotopic (exact) mass is 290 g/mol. The maximum absolute atomic E-state index is 13.9. The molecule has 0 amide bonds. The summed E-state index contributed by atoms with van der Waals surface area (Å²) in [6.07, 6.45) is 6.03. The van der Waals surface area contributed by atoms with Crippen molar-refractivity contribution >= 4 is 0 Å². The Morgan fingerprint density at radius 1 is 1.24 bits per heavy atom. The largest absolute Gasteiger partial charge is 0.314 e. The van der Waals surface area contributed by atoms with Crippen LogP contribution in [-0.4, -0.2) is 36.6 Å². The topological polar surface area (TPSA) is 15.3 Å². The van der Waals surface area contributed by atoms with Crippen LogP contribution in [0.2, 0.25) is 0 Å². The first kappa shape index (κ1) is 15.0. The molecule has 1 N–H and O–H groups in total. The molecule has 0 aliphatic carbocycles. The second kappa shape index (κ2) is 6.45. The molecule has 2 aliphatic heterocycles. The maximum Gasteiger partial charge on any atom is 0.126 e. The number of hydrogen-bond donors (Lipinski definition) is 1. The van der Waals surface area contributed by atoms with Crippen LogP contribution in [0.3, 0.4) is 0 Å². The van der Waals surface area contributed by atoms with E-state index in [1.165, 1.54) is 25.7 Å². The van der Waals surface area contributed by atoms with E-state index in [0.29, 0.717) is 12.0 Å². The summed E-state index contributed by atoms with van der Waals surface area (Å²) >= 11 is 0. The van der Waals surface area contributed by atoms with E-state index in [4.69, 9.17) is 0 Å². The first-order valence-corrected chi connectivity index (χ1v) is 8.37. The Hall–Kier alpha value is -0.930. The van der Waals surface area contributed by atoms with E-state index in [-0.39, 0.29) is 5.82 Å². The summed E-state index contributed by atoms with van der Waals surface area (Å²) in [5.41, 5.74) is 0.856. The van der Waals surface area contributed by atoms with Crippen molar-refractivity contribution < 1.29 is 4.39 Å². The molecule has 2 aliphatic rings. The Morgan fingerprint density at radius 2 is 1.90 bits per heavy atom. The van der Waals surface area contributed by atoms with Gasteiger partial charge >= 0.3 is 0 Å². The quantitative estimate of drug-likeness (QED) is 0.896. The highest BCUT2D eigenvalue weighted by Gasteiger charge is 2.40. The third-order valence-electron chi connectivity index (χ3n) is 5.57. The molecule has 2 bridgehead atoms. The molecule has 0 aromatic heterocycles. The van der Waals surface area contributed by atoms with Gasteiger partial charge in [0.05, 0.1) is 0 Å². The zero-order chi connectivity index (χ0) is 14.8. The van der Waals surface area contributed by atoms with E-state index >= 15 is 0 Å². The molecule has 1 aromatic carbocycles. The Bertz CT molecular complexity index is 462. The van der Waals surface area contributed by atoms with Crippen LogP contribution in [-0.2, 0) is 6.42 Å². The molecular weight excluding hydrogens is 263 g/mol. The van der Waals surface area contributed by atoms with Crippen LogP contribution >= 0.6 is 0 Å². The molecule has 3 heteroatoms. The molecule has 2 nitrogen and oxygen atoms in total. The van der Waals surface area contributed by atoms with Crippen molar-refractivity contribution in [3.05, 3.63) is 35.6 Å². The lowest BCUT2D eigenvalue weighted by atomic mass is 9.82. The Kier molecular flexibility index (Phi) is 4.60. The molecule has 0 saturated carbocycles.